The molecule has 0 saturated carbocycles. The third-order valence-corrected chi connectivity index (χ3v) is 6.08. The summed E-state index contributed by atoms with van der Waals surface area (Å²) in [6.07, 6.45) is 6.69. The number of carbonyl (C=O) groups is 2. The second-order valence-electron chi connectivity index (χ2n) is 8.18. The fraction of sp³-hybridized carbons (Fsp3) is 0.522. The number of rotatable bonds is 2. The van der Waals surface area contributed by atoms with Crippen LogP contribution in [0.25, 0.3) is 0 Å². The maximum atomic E-state index is 13.1. The van der Waals surface area contributed by atoms with Gasteiger partial charge in [0, 0.05) is 18.9 Å². The Morgan fingerprint density at radius 1 is 1.26 bits per heavy atom. The van der Waals surface area contributed by atoms with Crippen molar-refractivity contribution >= 4 is 11.8 Å². The molecule has 31 heavy (non-hydrogen) atoms. The van der Waals surface area contributed by atoms with Crippen LogP contribution in [0.3, 0.4) is 0 Å². The number of carbonyl (C=O) groups excluding carboxylic acids is 2. The van der Waals surface area contributed by atoms with Gasteiger partial charge in [0.2, 0.25) is 5.91 Å². The maximum absolute atomic E-state index is 13.1. The lowest BCUT2D eigenvalue weighted by molar-refractivity contribution is -0.168. The van der Waals surface area contributed by atoms with Crippen molar-refractivity contribution in [1.29, 1.82) is 0 Å². The Balaban J connectivity index is 1.46. The SMILES string of the molecule is Cc1nccn1CC(=O)N1CCOC2(CCCCc3ccccc3OCCNC2=O)C1. The Bertz CT molecular complexity index is 928. The molecule has 8 heteroatoms. The molecule has 1 N–H and O–H groups in total. The lowest BCUT2D eigenvalue weighted by Crippen LogP contribution is -2.61. The highest BCUT2D eigenvalue weighted by Gasteiger charge is 2.44. The molecule has 0 aliphatic carbocycles. The molecule has 1 unspecified atom stereocenters. The zero-order valence-corrected chi connectivity index (χ0v) is 18.0. The number of hydrogen-bond donors (Lipinski definition) is 1. The summed E-state index contributed by atoms with van der Waals surface area (Å²) in [5.74, 6) is 1.48. The summed E-state index contributed by atoms with van der Waals surface area (Å²) in [5.41, 5.74) is 0.164. The number of morpholine rings is 1. The Morgan fingerprint density at radius 3 is 2.97 bits per heavy atom. The number of hydrogen-bond acceptors (Lipinski definition) is 5. The molecule has 3 heterocycles. The summed E-state index contributed by atoms with van der Waals surface area (Å²) in [7, 11) is 0. The highest BCUT2D eigenvalue weighted by Crippen LogP contribution is 2.27. The van der Waals surface area contributed by atoms with Gasteiger partial charge in [0.1, 0.15) is 24.7 Å². The Labute approximate surface area is 182 Å². The fourth-order valence-electron chi connectivity index (χ4n) is 4.28. The minimum Gasteiger partial charge on any atom is -0.491 e. The predicted molar refractivity (Wildman–Crippen MR) is 115 cm³/mol. The van der Waals surface area contributed by atoms with E-state index in [1.54, 1.807) is 17.3 Å². The molecule has 1 aromatic carbocycles. The number of aromatic nitrogens is 2. The molecular weight excluding hydrogens is 396 g/mol. The van der Waals surface area contributed by atoms with Gasteiger partial charge < -0.3 is 24.3 Å². The number of aryl methyl sites for hydroxylation is 2. The van der Waals surface area contributed by atoms with E-state index in [2.05, 4.69) is 16.4 Å². The summed E-state index contributed by atoms with van der Waals surface area (Å²) in [6.45, 7) is 3.97. The van der Waals surface area contributed by atoms with Crippen LogP contribution < -0.4 is 10.1 Å². The van der Waals surface area contributed by atoms with Crippen molar-refractivity contribution in [2.45, 2.75) is 44.8 Å². The minimum atomic E-state index is -1.02. The van der Waals surface area contributed by atoms with E-state index in [0.29, 0.717) is 32.7 Å². The average molecular weight is 427 g/mol. The van der Waals surface area contributed by atoms with Gasteiger partial charge in [0.15, 0.2) is 5.60 Å². The Kier molecular flexibility index (Phi) is 6.56. The van der Waals surface area contributed by atoms with Crippen LogP contribution in [0.15, 0.2) is 36.7 Å². The van der Waals surface area contributed by atoms with Crippen molar-refractivity contribution in [2.75, 3.05) is 32.8 Å². The maximum Gasteiger partial charge on any atom is 0.254 e. The molecule has 4 rings (SSSR count). The molecule has 2 amide bonds. The second-order valence-corrected chi connectivity index (χ2v) is 8.18. The number of fused-ring (bicyclic) bond motifs is 1. The highest BCUT2D eigenvalue weighted by molar-refractivity contribution is 5.87. The number of ether oxygens (including phenoxy) is 2. The molecule has 0 radical (unpaired) electrons. The number of amides is 2. The van der Waals surface area contributed by atoms with Crippen LogP contribution in [0.5, 0.6) is 5.75 Å². The Hall–Kier alpha value is -2.87. The van der Waals surface area contributed by atoms with Crippen LogP contribution in [0.1, 0.15) is 30.7 Å². The third-order valence-electron chi connectivity index (χ3n) is 6.08. The van der Waals surface area contributed by atoms with E-state index in [-0.39, 0.29) is 24.9 Å². The lowest BCUT2D eigenvalue weighted by Gasteiger charge is -2.42. The van der Waals surface area contributed by atoms with E-state index in [4.69, 9.17) is 9.47 Å². The predicted octanol–water partition coefficient (Wildman–Crippen LogP) is 1.71. The van der Waals surface area contributed by atoms with Crippen molar-refractivity contribution in [1.82, 2.24) is 19.8 Å². The van der Waals surface area contributed by atoms with Crippen LogP contribution in [0.4, 0.5) is 0 Å². The summed E-state index contributed by atoms with van der Waals surface area (Å²) >= 11 is 0. The highest BCUT2D eigenvalue weighted by atomic mass is 16.5. The van der Waals surface area contributed by atoms with Crippen LogP contribution >= 0.6 is 0 Å². The summed E-state index contributed by atoms with van der Waals surface area (Å²) in [4.78, 5) is 32.0. The number of benzene rings is 1. The van der Waals surface area contributed by atoms with Gasteiger partial charge in [-0.15, -0.1) is 0 Å². The molecule has 2 aliphatic heterocycles. The van der Waals surface area contributed by atoms with E-state index < -0.39 is 5.60 Å². The number of para-hydroxylation sites is 1. The van der Waals surface area contributed by atoms with Gasteiger partial charge in [-0.1, -0.05) is 18.2 Å². The second kappa shape index (κ2) is 9.51. The minimum absolute atomic E-state index is 0.0278. The van der Waals surface area contributed by atoms with E-state index in [1.165, 1.54) is 5.56 Å². The standard InChI is InChI=1S/C23H30N4O4/c1-18-24-10-12-26(18)16-21(28)27-13-15-31-23(17-27)9-5-4-7-19-6-2-3-8-20(19)30-14-11-25-22(23)29/h2-3,6,8,10,12H,4-5,7,9,11,13-17H2,1H3,(H,25,29). The third kappa shape index (κ3) is 4.90. The van der Waals surface area contributed by atoms with Gasteiger partial charge >= 0.3 is 0 Å². The van der Waals surface area contributed by atoms with Crippen molar-refractivity contribution in [3.05, 3.63) is 48.0 Å². The van der Waals surface area contributed by atoms with E-state index in [0.717, 1.165) is 30.8 Å². The number of nitrogens with one attached hydrogen (secondary N) is 1. The summed E-state index contributed by atoms with van der Waals surface area (Å²) in [6, 6.07) is 8.04. The van der Waals surface area contributed by atoms with Crippen LogP contribution in [0.2, 0.25) is 0 Å². The molecule has 2 aromatic rings. The molecule has 0 bridgehead atoms. The quantitative estimate of drug-likeness (QED) is 0.790. The smallest absolute Gasteiger partial charge is 0.254 e. The molecule has 1 fully saturated rings. The molecule has 8 nitrogen and oxygen atoms in total. The molecular formula is C23H30N4O4. The molecule has 1 spiro atoms. The Morgan fingerprint density at radius 2 is 2.13 bits per heavy atom. The number of imidazole rings is 1. The lowest BCUT2D eigenvalue weighted by atomic mass is 9.91. The van der Waals surface area contributed by atoms with E-state index >= 15 is 0 Å². The summed E-state index contributed by atoms with van der Waals surface area (Å²) in [5, 5.41) is 2.96. The first kappa shape index (κ1) is 21.4. The zero-order chi connectivity index (χ0) is 21.7. The first-order valence-corrected chi connectivity index (χ1v) is 11.0. The first-order chi connectivity index (χ1) is 15.1. The largest absolute Gasteiger partial charge is 0.491 e. The molecule has 1 aromatic heterocycles. The van der Waals surface area contributed by atoms with Gasteiger partial charge in [-0.3, -0.25) is 9.59 Å². The average Bonchev–Trinajstić information content (AvgIpc) is 3.18. The van der Waals surface area contributed by atoms with E-state index in [9.17, 15) is 9.59 Å². The monoisotopic (exact) mass is 426 g/mol. The van der Waals surface area contributed by atoms with Crippen LogP contribution in [0, 0.1) is 6.92 Å². The first-order valence-electron chi connectivity index (χ1n) is 11.0. The van der Waals surface area contributed by atoms with Crippen molar-refractivity contribution in [3.63, 3.8) is 0 Å². The zero-order valence-electron chi connectivity index (χ0n) is 18.0. The van der Waals surface area contributed by atoms with Crippen molar-refractivity contribution in [3.8, 4) is 5.75 Å². The van der Waals surface area contributed by atoms with Gasteiger partial charge in [-0.25, -0.2) is 4.98 Å². The van der Waals surface area contributed by atoms with Gasteiger partial charge in [-0.05, 0) is 44.2 Å². The molecule has 1 atom stereocenters. The molecule has 1 saturated heterocycles. The number of nitrogens with zero attached hydrogens (tertiary/aromatic N) is 3. The van der Waals surface area contributed by atoms with Crippen molar-refractivity contribution in [2.24, 2.45) is 0 Å². The van der Waals surface area contributed by atoms with Gasteiger partial charge in [0.25, 0.3) is 5.91 Å². The van der Waals surface area contributed by atoms with Gasteiger partial charge in [0.05, 0.1) is 19.7 Å². The van der Waals surface area contributed by atoms with Crippen LogP contribution in [-0.4, -0.2) is 64.7 Å². The van der Waals surface area contributed by atoms with Gasteiger partial charge in [-0.2, -0.15) is 0 Å². The van der Waals surface area contributed by atoms with Crippen molar-refractivity contribution < 1.29 is 19.1 Å². The fourth-order valence-corrected chi connectivity index (χ4v) is 4.28. The summed E-state index contributed by atoms with van der Waals surface area (Å²) < 4.78 is 13.8. The molecule has 2 aliphatic rings. The van der Waals surface area contributed by atoms with E-state index in [1.807, 2.05) is 29.7 Å². The normalized spacial score (nSPS) is 22.6. The van der Waals surface area contributed by atoms with Crippen LogP contribution in [-0.2, 0) is 27.3 Å². The topological polar surface area (TPSA) is 85.7 Å². The molecule has 166 valence electrons.